The number of hydrogen-bond donors (Lipinski definition) is 4. The third kappa shape index (κ3) is 8.95. The van der Waals surface area contributed by atoms with Crippen LogP contribution >= 0.6 is 0 Å². The lowest BCUT2D eigenvalue weighted by Gasteiger charge is -1.99. The van der Waals surface area contributed by atoms with Crippen LogP contribution in [-0.4, -0.2) is 48.3 Å². The van der Waals surface area contributed by atoms with E-state index < -0.39 is 24.0 Å². The number of carboxylic acid groups (broad SMARTS) is 2. The highest BCUT2D eigenvalue weighted by Crippen LogP contribution is 1.75. The van der Waals surface area contributed by atoms with E-state index in [2.05, 4.69) is 10.6 Å². The molecule has 4 N–H and O–H groups in total. The van der Waals surface area contributed by atoms with Crippen molar-refractivity contribution in [2.75, 3.05) is 14.1 Å². The lowest BCUT2D eigenvalue weighted by Crippen LogP contribution is -2.29. The van der Waals surface area contributed by atoms with Crippen molar-refractivity contribution in [3.05, 3.63) is 0 Å². The quantitative estimate of drug-likeness (QED) is 0.488. The Bertz CT molecular complexity index is 164. The SMILES string of the molecule is CN[C@@H](C)C(=O)O.CN[C@@H](C)C(=O)O. The summed E-state index contributed by atoms with van der Waals surface area (Å²) in [4.78, 5) is 19.7. The average molecular weight is 206 g/mol. The summed E-state index contributed by atoms with van der Waals surface area (Å²) in [6.07, 6.45) is 0. The molecule has 84 valence electrons. The zero-order chi connectivity index (χ0) is 11.7. The van der Waals surface area contributed by atoms with Crippen molar-refractivity contribution in [2.45, 2.75) is 25.9 Å². The molecule has 6 heteroatoms. The number of carboxylic acids is 2. The van der Waals surface area contributed by atoms with Crippen molar-refractivity contribution in [3.63, 3.8) is 0 Å². The van der Waals surface area contributed by atoms with Crippen LogP contribution in [0.1, 0.15) is 13.8 Å². The molecule has 2 atom stereocenters. The Morgan fingerprint density at radius 3 is 1.14 bits per heavy atom. The Labute approximate surface area is 83.3 Å². The van der Waals surface area contributed by atoms with Gasteiger partial charge in [0.15, 0.2) is 0 Å². The summed E-state index contributed by atoms with van der Waals surface area (Å²) in [7, 11) is 3.22. The Hall–Kier alpha value is -1.14. The molecule has 0 aromatic rings. The predicted molar refractivity (Wildman–Crippen MR) is 52.3 cm³/mol. The Balaban J connectivity index is 0. The minimum absolute atomic E-state index is 0.431. The molecule has 0 unspecified atom stereocenters. The number of nitrogens with one attached hydrogen (secondary N) is 2. The molecule has 0 radical (unpaired) electrons. The van der Waals surface area contributed by atoms with Crippen LogP contribution in [0.4, 0.5) is 0 Å². The first-order valence-corrected chi connectivity index (χ1v) is 4.16. The average Bonchev–Trinajstić information content (AvgIpc) is 2.15. The van der Waals surface area contributed by atoms with Gasteiger partial charge < -0.3 is 20.8 Å². The van der Waals surface area contributed by atoms with Crippen molar-refractivity contribution >= 4 is 11.9 Å². The van der Waals surface area contributed by atoms with Crippen LogP contribution in [-0.2, 0) is 9.59 Å². The van der Waals surface area contributed by atoms with Gasteiger partial charge in [0, 0.05) is 0 Å². The Morgan fingerprint density at radius 1 is 0.929 bits per heavy atom. The van der Waals surface area contributed by atoms with Crippen LogP contribution < -0.4 is 10.6 Å². The van der Waals surface area contributed by atoms with E-state index >= 15 is 0 Å². The van der Waals surface area contributed by atoms with Gasteiger partial charge in [-0.25, -0.2) is 0 Å². The summed E-state index contributed by atoms with van der Waals surface area (Å²) in [5, 5.41) is 21.4. The van der Waals surface area contributed by atoms with Gasteiger partial charge in [0.05, 0.1) is 0 Å². The molecular weight excluding hydrogens is 188 g/mol. The van der Waals surface area contributed by atoms with Gasteiger partial charge >= 0.3 is 11.9 Å². The van der Waals surface area contributed by atoms with Gasteiger partial charge in [-0.15, -0.1) is 0 Å². The lowest BCUT2D eigenvalue weighted by molar-refractivity contribution is -0.139. The summed E-state index contributed by atoms with van der Waals surface area (Å²) < 4.78 is 0. The largest absolute Gasteiger partial charge is 0.480 e. The molecule has 0 aliphatic rings. The summed E-state index contributed by atoms with van der Waals surface area (Å²) in [6, 6.07) is -0.861. The number of hydrogen-bond acceptors (Lipinski definition) is 4. The second-order valence-electron chi connectivity index (χ2n) is 2.70. The molecule has 0 spiro atoms. The van der Waals surface area contributed by atoms with Gasteiger partial charge in [-0.05, 0) is 27.9 Å². The van der Waals surface area contributed by atoms with E-state index in [-0.39, 0.29) is 0 Å². The molecule has 0 rings (SSSR count). The van der Waals surface area contributed by atoms with Crippen LogP contribution in [0.3, 0.4) is 0 Å². The highest BCUT2D eigenvalue weighted by molar-refractivity contribution is 5.73. The van der Waals surface area contributed by atoms with Gasteiger partial charge in [0.1, 0.15) is 12.1 Å². The maximum absolute atomic E-state index is 9.87. The summed E-state index contributed by atoms with van der Waals surface area (Å²) in [5.41, 5.74) is 0. The van der Waals surface area contributed by atoms with Gasteiger partial charge in [-0.2, -0.15) is 0 Å². The smallest absolute Gasteiger partial charge is 0.320 e. The maximum atomic E-state index is 9.87. The first-order valence-electron chi connectivity index (χ1n) is 4.16. The molecule has 14 heavy (non-hydrogen) atoms. The Kier molecular flexibility index (Phi) is 9.27. The first-order chi connectivity index (χ1) is 6.36. The fourth-order valence-corrected chi connectivity index (χ4v) is 0.247. The Morgan fingerprint density at radius 2 is 1.14 bits per heavy atom. The molecule has 0 saturated heterocycles. The second-order valence-corrected chi connectivity index (χ2v) is 2.70. The second kappa shape index (κ2) is 8.46. The van der Waals surface area contributed by atoms with Gasteiger partial charge in [0.2, 0.25) is 0 Å². The molecule has 0 aliphatic carbocycles. The third-order valence-electron chi connectivity index (χ3n) is 1.61. The van der Waals surface area contributed by atoms with E-state index in [4.69, 9.17) is 10.2 Å². The zero-order valence-electron chi connectivity index (χ0n) is 8.87. The summed E-state index contributed by atoms with van der Waals surface area (Å²) in [6.45, 7) is 3.17. The molecule has 0 aromatic carbocycles. The number of carbonyl (C=O) groups is 2. The van der Waals surface area contributed by atoms with E-state index in [1.807, 2.05) is 0 Å². The topological polar surface area (TPSA) is 98.7 Å². The molecule has 0 saturated carbocycles. The first kappa shape index (κ1) is 15.3. The maximum Gasteiger partial charge on any atom is 0.320 e. The summed E-state index contributed by atoms with van der Waals surface area (Å²) >= 11 is 0. The number of likely N-dealkylation sites (N-methyl/N-ethyl adjacent to an activating group) is 2. The van der Waals surface area contributed by atoms with Crippen LogP contribution in [0.25, 0.3) is 0 Å². The van der Waals surface area contributed by atoms with E-state index in [1.54, 1.807) is 27.9 Å². The fraction of sp³-hybridized carbons (Fsp3) is 0.750. The van der Waals surface area contributed by atoms with E-state index in [0.717, 1.165) is 0 Å². The lowest BCUT2D eigenvalue weighted by atomic mass is 10.4. The van der Waals surface area contributed by atoms with E-state index in [9.17, 15) is 9.59 Å². The monoisotopic (exact) mass is 206 g/mol. The standard InChI is InChI=1S/2C4H9NO2/c2*1-3(5-2)4(6)7/h2*3,5H,1-2H3,(H,6,7)/t2*3-/m00/s1. The molecule has 0 bridgehead atoms. The van der Waals surface area contributed by atoms with Crippen LogP contribution in [0.2, 0.25) is 0 Å². The predicted octanol–water partition coefficient (Wildman–Crippen LogP) is -0.642. The number of aliphatic carboxylic acids is 2. The van der Waals surface area contributed by atoms with Crippen molar-refractivity contribution in [1.29, 1.82) is 0 Å². The zero-order valence-corrected chi connectivity index (χ0v) is 8.87. The highest BCUT2D eigenvalue weighted by atomic mass is 16.4. The molecule has 0 amide bonds. The number of rotatable bonds is 4. The molecule has 0 heterocycles. The third-order valence-corrected chi connectivity index (χ3v) is 1.61. The minimum atomic E-state index is -0.817. The van der Waals surface area contributed by atoms with Gasteiger partial charge in [-0.1, -0.05) is 0 Å². The van der Waals surface area contributed by atoms with Gasteiger partial charge in [0.25, 0.3) is 0 Å². The van der Waals surface area contributed by atoms with E-state index in [1.165, 1.54) is 0 Å². The molecular formula is C8H18N2O4. The fourth-order valence-electron chi connectivity index (χ4n) is 0.247. The van der Waals surface area contributed by atoms with Crippen LogP contribution in [0, 0.1) is 0 Å². The molecule has 0 aromatic heterocycles. The van der Waals surface area contributed by atoms with Crippen molar-refractivity contribution < 1.29 is 19.8 Å². The minimum Gasteiger partial charge on any atom is -0.480 e. The summed E-state index contributed by atoms with van der Waals surface area (Å²) in [5.74, 6) is -1.63. The van der Waals surface area contributed by atoms with Gasteiger partial charge in [-0.3, -0.25) is 9.59 Å². The molecule has 0 fully saturated rings. The normalized spacial score (nSPS) is 13.4. The van der Waals surface area contributed by atoms with Crippen molar-refractivity contribution in [2.24, 2.45) is 0 Å². The van der Waals surface area contributed by atoms with Crippen LogP contribution in [0.15, 0.2) is 0 Å². The van der Waals surface area contributed by atoms with Crippen molar-refractivity contribution in [3.8, 4) is 0 Å². The van der Waals surface area contributed by atoms with E-state index in [0.29, 0.717) is 0 Å². The van der Waals surface area contributed by atoms with Crippen molar-refractivity contribution in [1.82, 2.24) is 10.6 Å². The highest BCUT2D eigenvalue weighted by Gasteiger charge is 2.04. The van der Waals surface area contributed by atoms with Crippen LogP contribution in [0.5, 0.6) is 0 Å². The molecule has 0 aliphatic heterocycles. The molecule has 6 nitrogen and oxygen atoms in total.